The number of rotatable bonds is 13. The molecular formula is C28H45ClN4O2S. The third-order valence-electron chi connectivity index (χ3n) is 6.84. The standard InChI is InChI=1S/C28H45ClN4O2S/c1-20(19-33-15-9-6-10-16-33)28(35)31-18-25(24-11-7-5-8-12-24)32-27(34)14-13-22(3)36-26(23(4)30)17-21(2)29/h17,24-25H,1,3,5-16,18-19,30H2,2,4H3,(H,31,35)(H,32,34)/b21-17+,26-23-. The van der Waals surface area contributed by atoms with Gasteiger partial charge in [-0.1, -0.05) is 62.2 Å². The molecule has 8 heteroatoms. The largest absolute Gasteiger partial charge is 0.401 e. The molecule has 1 atom stereocenters. The minimum Gasteiger partial charge on any atom is -0.401 e. The maximum atomic E-state index is 12.9. The van der Waals surface area contributed by atoms with Gasteiger partial charge in [0.1, 0.15) is 0 Å². The topological polar surface area (TPSA) is 87.5 Å². The van der Waals surface area contributed by atoms with E-state index in [1.165, 1.54) is 50.3 Å². The number of nitrogens with zero attached hydrogens (tertiary/aromatic N) is 1. The number of nitrogens with two attached hydrogens (primary N) is 1. The number of likely N-dealkylation sites (tertiary alicyclic amines) is 1. The Morgan fingerprint density at radius 2 is 1.72 bits per heavy atom. The Labute approximate surface area is 227 Å². The molecule has 1 unspecified atom stereocenters. The molecule has 6 nitrogen and oxygen atoms in total. The lowest BCUT2D eigenvalue weighted by molar-refractivity contribution is -0.123. The summed E-state index contributed by atoms with van der Waals surface area (Å²) >= 11 is 7.46. The summed E-state index contributed by atoms with van der Waals surface area (Å²) in [6.45, 7) is 14.9. The average molecular weight is 537 g/mol. The molecule has 2 aliphatic rings. The third-order valence-corrected chi connectivity index (χ3v) is 8.10. The Balaban J connectivity index is 1.87. The minimum atomic E-state index is -0.112. The summed E-state index contributed by atoms with van der Waals surface area (Å²) in [5.41, 5.74) is 7.22. The predicted octanol–water partition coefficient (Wildman–Crippen LogP) is 5.57. The van der Waals surface area contributed by atoms with Gasteiger partial charge in [0.05, 0.1) is 0 Å². The van der Waals surface area contributed by atoms with Crippen LogP contribution in [0, 0.1) is 5.92 Å². The number of hydrogen-bond donors (Lipinski definition) is 3. The van der Waals surface area contributed by atoms with Crippen LogP contribution in [0.1, 0.15) is 78.1 Å². The zero-order chi connectivity index (χ0) is 26.5. The van der Waals surface area contributed by atoms with Crippen LogP contribution in [0.5, 0.6) is 0 Å². The van der Waals surface area contributed by atoms with Crippen molar-refractivity contribution in [2.45, 2.75) is 84.1 Å². The molecule has 1 saturated heterocycles. The monoisotopic (exact) mass is 536 g/mol. The van der Waals surface area contributed by atoms with Crippen LogP contribution in [0.3, 0.4) is 0 Å². The van der Waals surface area contributed by atoms with E-state index in [9.17, 15) is 9.59 Å². The second-order valence-corrected chi connectivity index (χ2v) is 12.0. The summed E-state index contributed by atoms with van der Waals surface area (Å²) < 4.78 is 0. The van der Waals surface area contributed by atoms with Gasteiger partial charge in [0.15, 0.2) is 0 Å². The molecule has 4 N–H and O–H groups in total. The first kappa shape index (κ1) is 30.5. The average Bonchev–Trinajstić information content (AvgIpc) is 2.85. The molecule has 0 bridgehead atoms. The lowest BCUT2D eigenvalue weighted by atomic mass is 9.83. The van der Waals surface area contributed by atoms with E-state index in [2.05, 4.69) is 28.7 Å². The molecule has 202 valence electrons. The molecule has 36 heavy (non-hydrogen) atoms. The van der Waals surface area contributed by atoms with Crippen molar-refractivity contribution in [3.05, 3.63) is 45.3 Å². The maximum absolute atomic E-state index is 12.9. The first-order valence-corrected chi connectivity index (χ1v) is 14.5. The van der Waals surface area contributed by atoms with Crippen LogP contribution >= 0.6 is 23.4 Å². The highest BCUT2D eigenvalue weighted by Crippen LogP contribution is 2.31. The molecule has 2 rings (SSSR count). The SMILES string of the molecule is C=C(CCC(=O)NC(CNC(=O)C(=C)CN1CCCCC1)C1CCCCC1)SC(/C=C(\C)Cl)=C(/C)N. The van der Waals surface area contributed by atoms with E-state index in [0.717, 1.165) is 35.7 Å². The van der Waals surface area contributed by atoms with Crippen molar-refractivity contribution in [2.75, 3.05) is 26.2 Å². The Bertz CT molecular complexity index is 834. The second kappa shape index (κ2) is 16.2. The van der Waals surface area contributed by atoms with Gasteiger partial charge < -0.3 is 16.4 Å². The molecule has 1 aliphatic carbocycles. The first-order valence-electron chi connectivity index (χ1n) is 13.3. The zero-order valence-corrected chi connectivity index (χ0v) is 23.7. The Morgan fingerprint density at radius 3 is 2.33 bits per heavy atom. The van der Waals surface area contributed by atoms with E-state index >= 15 is 0 Å². The molecule has 1 aliphatic heterocycles. The summed E-state index contributed by atoms with van der Waals surface area (Å²) in [7, 11) is 0. The summed E-state index contributed by atoms with van der Waals surface area (Å²) in [6, 6.07) is -0.0750. The second-order valence-electron chi connectivity index (χ2n) is 10.1. The summed E-state index contributed by atoms with van der Waals surface area (Å²) in [6.07, 6.45) is 12.0. The van der Waals surface area contributed by atoms with E-state index in [-0.39, 0.29) is 17.9 Å². The number of halogens is 1. The molecule has 2 fully saturated rings. The minimum absolute atomic E-state index is 0.0206. The van der Waals surface area contributed by atoms with Crippen LogP contribution < -0.4 is 16.4 Å². The number of nitrogens with one attached hydrogen (secondary N) is 2. The summed E-state index contributed by atoms with van der Waals surface area (Å²) in [4.78, 5) is 29.6. The normalized spacial score (nSPS) is 19.2. The molecule has 1 saturated carbocycles. The van der Waals surface area contributed by atoms with Crippen LogP contribution in [0.15, 0.2) is 45.3 Å². The number of hydrogen-bond acceptors (Lipinski definition) is 5. The van der Waals surface area contributed by atoms with Crippen molar-refractivity contribution < 1.29 is 9.59 Å². The van der Waals surface area contributed by atoms with E-state index in [4.69, 9.17) is 17.3 Å². The van der Waals surface area contributed by atoms with Gasteiger partial charge in [-0.25, -0.2) is 0 Å². The van der Waals surface area contributed by atoms with E-state index in [0.29, 0.717) is 48.2 Å². The fourth-order valence-electron chi connectivity index (χ4n) is 4.80. The van der Waals surface area contributed by atoms with Gasteiger partial charge in [0, 0.05) is 46.8 Å². The molecule has 0 aromatic carbocycles. The number of amides is 2. The molecule has 0 spiro atoms. The Kier molecular flexibility index (Phi) is 13.7. The summed E-state index contributed by atoms with van der Waals surface area (Å²) in [5.74, 6) is 0.245. The summed E-state index contributed by atoms with van der Waals surface area (Å²) in [5, 5.41) is 6.91. The number of thioether (sulfide) groups is 1. The van der Waals surface area contributed by atoms with Crippen molar-refractivity contribution >= 4 is 35.2 Å². The molecule has 1 heterocycles. The zero-order valence-electron chi connectivity index (χ0n) is 22.2. The number of allylic oxidation sites excluding steroid dienone is 4. The lowest BCUT2D eigenvalue weighted by Gasteiger charge is -2.31. The Morgan fingerprint density at radius 1 is 1.08 bits per heavy atom. The van der Waals surface area contributed by atoms with Crippen LogP contribution in [0.2, 0.25) is 0 Å². The van der Waals surface area contributed by atoms with Crippen molar-refractivity contribution in [3.63, 3.8) is 0 Å². The van der Waals surface area contributed by atoms with Crippen molar-refractivity contribution in [1.29, 1.82) is 0 Å². The van der Waals surface area contributed by atoms with Gasteiger partial charge in [-0.05, 0) is 75.9 Å². The number of carbonyl (C=O) groups excluding carboxylic acids is 2. The molecular weight excluding hydrogens is 492 g/mol. The number of carbonyl (C=O) groups is 2. The molecule has 0 aromatic heterocycles. The van der Waals surface area contributed by atoms with E-state index in [1.54, 1.807) is 6.92 Å². The lowest BCUT2D eigenvalue weighted by Crippen LogP contribution is -2.49. The molecule has 2 amide bonds. The highest BCUT2D eigenvalue weighted by Gasteiger charge is 2.26. The van der Waals surface area contributed by atoms with Gasteiger partial charge in [-0.3, -0.25) is 14.5 Å². The smallest absolute Gasteiger partial charge is 0.247 e. The van der Waals surface area contributed by atoms with Gasteiger partial charge in [0.25, 0.3) is 0 Å². The van der Waals surface area contributed by atoms with Crippen LogP contribution in [-0.2, 0) is 9.59 Å². The van der Waals surface area contributed by atoms with Crippen LogP contribution in [0.25, 0.3) is 0 Å². The van der Waals surface area contributed by atoms with Crippen molar-refractivity contribution in [2.24, 2.45) is 11.7 Å². The Hall–Kier alpha value is -1.70. The van der Waals surface area contributed by atoms with Crippen molar-refractivity contribution in [3.8, 4) is 0 Å². The van der Waals surface area contributed by atoms with E-state index in [1.807, 2.05) is 13.0 Å². The van der Waals surface area contributed by atoms with Crippen LogP contribution in [0.4, 0.5) is 0 Å². The maximum Gasteiger partial charge on any atom is 0.247 e. The van der Waals surface area contributed by atoms with Gasteiger partial charge >= 0.3 is 0 Å². The third kappa shape index (κ3) is 11.6. The van der Waals surface area contributed by atoms with Gasteiger partial charge in [-0.15, -0.1) is 0 Å². The van der Waals surface area contributed by atoms with Gasteiger partial charge in [0.2, 0.25) is 11.8 Å². The predicted molar refractivity (Wildman–Crippen MR) is 153 cm³/mol. The molecule has 0 radical (unpaired) electrons. The quantitative estimate of drug-likeness (QED) is 0.211. The molecule has 0 aromatic rings. The highest BCUT2D eigenvalue weighted by molar-refractivity contribution is 8.06. The van der Waals surface area contributed by atoms with Gasteiger partial charge in [-0.2, -0.15) is 0 Å². The van der Waals surface area contributed by atoms with Crippen molar-refractivity contribution in [1.82, 2.24) is 15.5 Å². The highest BCUT2D eigenvalue weighted by atomic mass is 35.5. The first-order chi connectivity index (χ1) is 17.2. The fourth-order valence-corrected chi connectivity index (χ4v) is 5.89. The number of piperidine rings is 1. The van der Waals surface area contributed by atoms with Crippen LogP contribution in [-0.4, -0.2) is 48.9 Å². The fraction of sp³-hybridized carbons (Fsp3) is 0.643. The van der Waals surface area contributed by atoms with E-state index < -0.39 is 0 Å².